The van der Waals surface area contributed by atoms with Crippen molar-refractivity contribution in [1.82, 2.24) is 10.6 Å². The molecule has 0 saturated carbocycles. The molecule has 2 rings (SSSR count). The molecular formula is C17H23F3IN3O. The molecule has 0 unspecified atom stereocenters. The molecule has 0 fully saturated rings. The van der Waals surface area contributed by atoms with Crippen molar-refractivity contribution in [3.05, 3.63) is 47.5 Å². The van der Waals surface area contributed by atoms with Crippen molar-refractivity contribution in [2.45, 2.75) is 38.2 Å². The van der Waals surface area contributed by atoms with E-state index in [0.29, 0.717) is 24.1 Å². The van der Waals surface area contributed by atoms with Gasteiger partial charge in [-0.2, -0.15) is 13.2 Å². The number of guanidine groups is 1. The third-order valence-electron chi connectivity index (χ3n) is 3.56. The van der Waals surface area contributed by atoms with E-state index in [9.17, 15) is 13.2 Å². The van der Waals surface area contributed by atoms with Crippen LogP contribution in [-0.4, -0.2) is 31.8 Å². The Morgan fingerprint density at radius 2 is 1.92 bits per heavy atom. The Morgan fingerprint density at radius 1 is 1.24 bits per heavy atom. The number of hydrogen-bond acceptors (Lipinski definition) is 2. The Balaban J connectivity index is 0.00000312. The van der Waals surface area contributed by atoms with E-state index in [2.05, 4.69) is 32.5 Å². The van der Waals surface area contributed by atoms with E-state index < -0.39 is 12.8 Å². The predicted octanol–water partition coefficient (Wildman–Crippen LogP) is 3.77. The first-order chi connectivity index (χ1) is 11.5. The minimum Gasteiger partial charge on any atom is -0.367 e. The molecule has 0 amide bonds. The highest BCUT2D eigenvalue weighted by atomic mass is 127. The number of aliphatic imine (C=N–C) groups is 1. The summed E-state index contributed by atoms with van der Waals surface area (Å²) in [5.74, 6) is 0.711. The van der Waals surface area contributed by atoms with E-state index in [4.69, 9.17) is 0 Å². The van der Waals surface area contributed by atoms with Gasteiger partial charge in [0.15, 0.2) is 5.96 Å². The zero-order valence-corrected chi connectivity index (χ0v) is 16.3. The molecule has 0 aromatic heterocycles. The van der Waals surface area contributed by atoms with Gasteiger partial charge in [0.2, 0.25) is 0 Å². The maximum Gasteiger partial charge on any atom is 0.411 e. The summed E-state index contributed by atoms with van der Waals surface area (Å²) < 4.78 is 41.0. The van der Waals surface area contributed by atoms with Gasteiger partial charge in [-0.05, 0) is 24.0 Å². The highest BCUT2D eigenvalue weighted by molar-refractivity contribution is 14.0. The van der Waals surface area contributed by atoms with Gasteiger partial charge in [-0.25, -0.2) is 0 Å². The van der Waals surface area contributed by atoms with E-state index >= 15 is 0 Å². The zero-order chi connectivity index (χ0) is 17.4. The maximum atomic E-state index is 12.1. The van der Waals surface area contributed by atoms with E-state index in [1.165, 1.54) is 0 Å². The normalized spacial score (nSPS) is 15.1. The number of alkyl halides is 3. The molecule has 0 heterocycles. The molecule has 1 aliphatic rings. The van der Waals surface area contributed by atoms with Gasteiger partial charge in [-0.3, -0.25) is 4.99 Å². The predicted molar refractivity (Wildman–Crippen MR) is 103 cm³/mol. The zero-order valence-electron chi connectivity index (χ0n) is 14.0. The fraction of sp³-hybridized carbons (Fsp3) is 0.471. The van der Waals surface area contributed by atoms with Crippen LogP contribution in [0.5, 0.6) is 0 Å². The van der Waals surface area contributed by atoms with Crippen LogP contribution in [0.15, 0.2) is 41.4 Å². The van der Waals surface area contributed by atoms with Crippen LogP contribution in [0.25, 0.3) is 0 Å². The van der Waals surface area contributed by atoms with Crippen molar-refractivity contribution in [3.63, 3.8) is 0 Å². The molecule has 2 N–H and O–H groups in total. The van der Waals surface area contributed by atoms with Crippen molar-refractivity contribution >= 4 is 29.9 Å². The second-order valence-electron chi connectivity index (χ2n) is 5.64. The van der Waals surface area contributed by atoms with Crippen molar-refractivity contribution < 1.29 is 17.9 Å². The molecule has 0 saturated heterocycles. The standard InChI is InChI=1S/C17H22F3N3O.HI/c1-21-16(23-15-7-2-3-8-15)22-10-13-5-4-6-14(9-13)11-24-12-17(18,19)20;/h2-6,9,15H,7-8,10-12H2,1H3,(H2,21,22,23);1H. The first kappa shape index (κ1) is 21.8. The Labute approximate surface area is 162 Å². The first-order valence-corrected chi connectivity index (χ1v) is 7.81. The number of halogens is 4. The SMILES string of the molecule is CN=C(NCc1cccc(COCC(F)(F)F)c1)NC1CC=CC1.I. The Hall–Kier alpha value is -1.29. The van der Waals surface area contributed by atoms with Crippen molar-refractivity contribution in [3.8, 4) is 0 Å². The Bertz CT molecular complexity index is 583. The Morgan fingerprint density at radius 3 is 2.56 bits per heavy atom. The van der Waals surface area contributed by atoms with E-state index in [-0.39, 0.29) is 30.6 Å². The van der Waals surface area contributed by atoms with Crippen LogP contribution in [0.3, 0.4) is 0 Å². The number of nitrogens with zero attached hydrogens (tertiary/aromatic N) is 1. The third-order valence-corrected chi connectivity index (χ3v) is 3.56. The summed E-state index contributed by atoms with van der Waals surface area (Å²) >= 11 is 0. The molecule has 0 radical (unpaired) electrons. The highest BCUT2D eigenvalue weighted by Gasteiger charge is 2.27. The summed E-state index contributed by atoms with van der Waals surface area (Å²) in [5.41, 5.74) is 1.66. The number of hydrogen-bond donors (Lipinski definition) is 2. The molecule has 1 aromatic carbocycles. The molecule has 0 bridgehead atoms. The number of ether oxygens (including phenoxy) is 1. The number of benzene rings is 1. The largest absolute Gasteiger partial charge is 0.411 e. The minimum absolute atomic E-state index is 0. The maximum absolute atomic E-state index is 12.1. The second-order valence-corrected chi connectivity index (χ2v) is 5.64. The van der Waals surface area contributed by atoms with Crippen molar-refractivity contribution in [1.29, 1.82) is 0 Å². The molecule has 0 atom stereocenters. The number of rotatable bonds is 6. The van der Waals surface area contributed by atoms with Gasteiger partial charge in [0.1, 0.15) is 6.61 Å². The fourth-order valence-corrected chi connectivity index (χ4v) is 2.42. The molecule has 8 heteroatoms. The summed E-state index contributed by atoms with van der Waals surface area (Å²) in [6, 6.07) is 7.65. The topological polar surface area (TPSA) is 45.7 Å². The average molecular weight is 469 g/mol. The molecular weight excluding hydrogens is 446 g/mol. The average Bonchev–Trinajstić information content (AvgIpc) is 3.03. The van der Waals surface area contributed by atoms with Crippen LogP contribution in [0, 0.1) is 0 Å². The van der Waals surface area contributed by atoms with Crippen molar-refractivity contribution in [2.24, 2.45) is 4.99 Å². The second kappa shape index (κ2) is 10.6. The van der Waals surface area contributed by atoms with Gasteiger partial charge >= 0.3 is 6.18 Å². The monoisotopic (exact) mass is 469 g/mol. The molecule has 0 aliphatic heterocycles. The van der Waals surface area contributed by atoms with Gasteiger partial charge in [-0.15, -0.1) is 24.0 Å². The lowest BCUT2D eigenvalue weighted by atomic mass is 10.1. The van der Waals surface area contributed by atoms with E-state index in [0.717, 1.165) is 18.4 Å². The van der Waals surface area contributed by atoms with Gasteiger partial charge in [0.05, 0.1) is 6.61 Å². The van der Waals surface area contributed by atoms with Crippen LogP contribution in [0.4, 0.5) is 13.2 Å². The molecule has 25 heavy (non-hydrogen) atoms. The molecule has 1 aromatic rings. The summed E-state index contributed by atoms with van der Waals surface area (Å²) in [7, 11) is 1.71. The smallest absolute Gasteiger partial charge is 0.367 e. The molecule has 4 nitrogen and oxygen atoms in total. The molecule has 140 valence electrons. The minimum atomic E-state index is -4.30. The van der Waals surface area contributed by atoms with Crippen LogP contribution >= 0.6 is 24.0 Å². The highest BCUT2D eigenvalue weighted by Crippen LogP contribution is 2.16. The summed E-state index contributed by atoms with van der Waals surface area (Å²) in [6.07, 6.45) is 1.93. The summed E-state index contributed by atoms with van der Waals surface area (Å²) in [4.78, 5) is 4.18. The lowest BCUT2D eigenvalue weighted by Crippen LogP contribution is -2.42. The van der Waals surface area contributed by atoms with Crippen LogP contribution in [0.2, 0.25) is 0 Å². The fourth-order valence-electron chi connectivity index (χ4n) is 2.42. The number of nitrogens with one attached hydrogen (secondary N) is 2. The quantitative estimate of drug-likeness (QED) is 0.289. The van der Waals surface area contributed by atoms with Gasteiger partial charge in [0, 0.05) is 19.6 Å². The van der Waals surface area contributed by atoms with Crippen LogP contribution in [0.1, 0.15) is 24.0 Å². The van der Waals surface area contributed by atoms with Gasteiger partial charge in [0.25, 0.3) is 0 Å². The Kier molecular flexibility index (Phi) is 9.26. The lowest BCUT2D eigenvalue weighted by Gasteiger charge is -2.17. The lowest BCUT2D eigenvalue weighted by molar-refractivity contribution is -0.176. The van der Waals surface area contributed by atoms with E-state index in [1.54, 1.807) is 19.2 Å². The van der Waals surface area contributed by atoms with E-state index in [1.807, 2.05) is 12.1 Å². The first-order valence-electron chi connectivity index (χ1n) is 7.81. The summed E-state index contributed by atoms with van der Waals surface area (Å²) in [5, 5.41) is 6.54. The molecule has 0 spiro atoms. The van der Waals surface area contributed by atoms with Gasteiger partial charge < -0.3 is 15.4 Å². The van der Waals surface area contributed by atoms with Crippen molar-refractivity contribution in [2.75, 3.05) is 13.7 Å². The molecule has 1 aliphatic carbocycles. The van der Waals surface area contributed by atoms with Gasteiger partial charge in [-0.1, -0.05) is 36.4 Å². The van der Waals surface area contributed by atoms with Crippen LogP contribution < -0.4 is 10.6 Å². The third kappa shape index (κ3) is 8.57. The van der Waals surface area contributed by atoms with Crippen LogP contribution in [-0.2, 0) is 17.9 Å². The summed E-state index contributed by atoms with van der Waals surface area (Å²) in [6.45, 7) is -0.761.